The van der Waals surface area contributed by atoms with Crippen LogP contribution in [0, 0.1) is 12.3 Å². The van der Waals surface area contributed by atoms with E-state index < -0.39 is 0 Å². The zero-order valence-electron chi connectivity index (χ0n) is 7.75. The van der Waals surface area contributed by atoms with E-state index in [1.165, 1.54) is 0 Å². The lowest BCUT2D eigenvalue weighted by atomic mass is 10.2. The van der Waals surface area contributed by atoms with Gasteiger partial charge in [-0.1, -0.05) is 5.92 Å². The van der Waals surface area contributed by atoms with Crippen LogP contribution < -0.4 is 5.32 Å². The first-order chi connectivity index (χ1) is 6.27. The summed E-state index contributed by atoms with van der Waals surface area (Å²) in [6, 6.07) is 0. The molecule has 0 radical (unpaired) electrons. The zero-order chi connectivity index (χ0) is 9.68. The number of rotatable bonds is 2. The number of terminal acetylenes is 1. The number of carbonyl (C=O) groups excluding carboxylic acids is 1. The summed E-state index contributed by atoms with van der Waals surface area (Å²) in [5, 5.41) is 2.56. The van der Waals surface area contributed by atoms with Crippen LogP contribution >= 0.6 is 0 Å². The van der Waals surface area contributed by atoms with Crippen molar-refractivity contribution in [1.82, 2.24) is 10.2 Å². The molecule has 13 heavy (non-hydrogen) atoms. The van der Waals surface area contributed by atoms with Crippen LogP contribution in [-0.2, 0) is 9.53 Å². The minimum Gasteiger partial charge on any atom is -0.366 e. The lowest BCUT2D eigenvalue weighted by Gasteiger charge is -2.30. The molecule has 1 aliphatic rings. The van der Waals surface area contributed by atoms with Crippen LogP contribution in [0.4, 0.5) is 0 Å². The number of nitrogens with zero attached hydrogens (tertiary/aromatic N) is 1. The molecule has 0 aromatic rings. The quantitative estimate of drug-likeness (QED) is 0.561. The van der Waals surface area contributed by atoms with Crippen molar-refractivity contribution in [2.24, 2.45) is 0 Å². The Morgan fingerprint density at radius 2 is 2.62 bits per heavy atom. The monoisotopic (exact) mass is 182 g/mol. The summed E-state index contributed by atoms with van der Waals surface area (Å²) < 4.78 is 5.28. The fraction of sp³-hybridized carbons (Fsp3) is 0.667. The predicted molar refractivity (Wildman–Crippen MR) is 49.1 cm³/mol. The number of likely N-dealkylation sites (N-methyl/N-ethyl adjacent to an activating group) is 1. The maximum absolute atomic E-state index is 11.2. The zero-order valence-corrected chi connectivity index (χ0v) is 7.75. The summed E-state index contributed by atoms with van der Waals surface area (Å²) in [4.78, 5) is 13.2. The highest BCUT2D eigenvalue weighted by Crippen LogP contribution is 2.04. The molecule has 1 aliphatic heterocycles. The molecule has 0 aromatic carbocycles. The van der Waals surface area contributed by atoms with E-state index in [4.69, 9.17) is 11.2 Å². The van der Waals surface area contributed by atoms with Crippen molar-refractivity contribution in [2.75, 3.05) is 33.3 Å². The van der Waals surface area contributed by atoms with Crippen molar-refractivity contribution in [3.8, 4) is 12.3 Å². The van der Waals surface area contributed by atoms with E-state index in [1.54, 1.807) is 7.05 Å². The highest BCUT2D eigenvalue weighted by atomic mass is 16.5. The number of morpholine rings is 1. The number of carbonyl (C=O) groups is 1. The molecule has 0 saturated carbocycles. The average Bonchev–Trinajstić information content (AvgIpc) is 2.18. The number of hydrogen-bond acceptors (Lipinski definition) is 3. The normalized spacial score (nSPS) is 23.5. The Hall–Kier alpha value is -1.05. The van der Waals surface area contributed by atoms with Gasteiger partial charge in [0.2, 0.25) is 5.91 Å². The molecule has 1 atom stereocenters. The summed E-state index contributed by atoms with van der Waals surface area (Å²) in [5.41, 5.74) is 0. The molecule has 72 valence electrons. The Kier molecular flexibility index (Phi) is 3.74. The average molecular weight is 182 g/mol. The summed E-state index contributed by atoms with van der Waals surface area (Å²) >= 11 is 0. The van der Waals surface area contributed by atoms with E-state index in [9.17, 15) is 4.79 Å². The summed E-state index contributed by atoms with van der Waals surface area (Å²) in [5.74, 6) is 2.47. The minimum absolute atomic E-state index is 0.0817. The van der Waals surface area contributed by atoms with Crippen molar-refractivity contribution >= 4 is 5.91 Å². The second-order valence-corrected chi connectivity index (χ2v) is 2.91. The number of ether oxygens (including phenoxy) is 1. The van der Waals surface area contributed by atoms with Crippen molar-refractivity contribution in [2.45, 2.75) is 6.10 Å². The van der Waals surface area contributed by atoms with Crippen LogP contribution in [0.3, 0.4) is 0 Å². The van der Waals surface area contributed by atoms with Gasteiger partial charge in [-0.25, -0.2) is 0 Å². The van der Waals surface area contributed by atoms with Gasteiger partial charge in [-0.2, -0.15) is 0 Å². The molecule has 1 fully saturated rings. The van der Waals surface area contributed by atoms with E-state index in [1.807, 2.05) is 4.90 Å². The molecular formula is C9H14N2O2. The lowest BCUT2D eigenvalue weighted by molar-refractivity contribution is -0.137. The molecule has 0 aliphatic carbocycles. The fourth-order valence-electron chi connectivity index (χ4n) is 1.29. The molecule has 0 aromatic heterocycles. The van der Waals surface area contributed by atoms with Crippen molar-refractivity contribution in [3.63, 3.8) is 0 Å². The smallest absolute Gasteiger partial charge is 0.250 e. The first-order valence-corrected chi connectivity index (χ1v) is 4.27. The lowest BCUT2D eigenvalue weighted by Crippen LogP contribution is -2.49. The fourth-order valence-corrected chi connectivity index (χ4v) is 1.29. The van der Waals surface area contributed by atoms with Crippen LogP contribution in [-0.4, -0.2) is 50.2 Å². The van der Waals surface area contributed by atoms with Gasteiger partial charge < -0.3 is 10.1 Å². The molecular weight excluding hydrogens is 168 g/mol. The number of nitrogens with one attached hydrogen (secondary N) is 1. The second kappa shape index (κ2) is 4.85. The molecule has 0 spiro atoms. The van der Waals surface area contributed by atoms with Crippen LogP contribution in [0.5, 0.6) is 0 Å². The van der Waals surface area contributed by atoms with Gasteiger partial charge >= 0.3 is 0 Å². The van der Waals surface area contributed by atoms with E-state index in [0.717, 1.165) is 6.54 Å². The van der Waals surface area contributed by atoms with E-state index in [0.29, 0.717) is 19.7 Å². The number of hydrogen-bond donors (Lipinski definition) is 1. The Balaban J connectivity index is 2.42. The standard InChI is InChI=1S/C9H14N2O2/c1-3-4-11-5-6-13-8(7-11)9(12)10-2/h1,8H,4-7H2,2H3,(H,10,12). The van der Waals surface area contributed by atoms with Crippen LogP contribution in [0.1, 0.15) is 0 Å². The molecule has 4 heteroatoms. The third kappa shape index (κ3) is 2.72. The van der Waals surface area contributed by atoms with Crippen molar-refractivity contribution < 1.29 is 9.53 Å². The van der Waals surface area contributed by atoms with Crippen LogP contribution in [0.2, 0.25) is 0 Å². The molecule has 1 rings (SSSR count). The number of amides is 1. The molecule has 1 unspecified atom stereocenters. The third-order valence-electron chi connectivity index (χ3n) is 2.00. The molecule has 1 N–H and O–H groups in total. The minimum atomic E-state index is -0.368. The Morgan fingerprint density at radius 1 is 1.85 bits per heavy atom. The first-order valence-electron chi connectivity index (χ1n) is 4.27. The van der Waals surface area contributed by atoms with E-state index in [2.05, 4.69) is 11.2 Å². The Bertz CT molecular complexity index is 222. The highest BCUT2D eigenvalue weighted by molar-refractivity contribution is 5.80. The molecule has 4 nitrogen and oxygen atoms in total. The third-order valence-corrected chi connectivity index (χ3v) is 2.00. The largest absolute Gasteiger partial charge is 0.366 e. The van der Waals surface area contributed by atoms with Gasteiger partial charge in [0.25, 0.3) is 0 Å². The maximum Gasteiger partial charge on any atom is 0.250 e. The molecule has 1 saturated heterocycles. The van der Waals surface area contributed by atoms with Gasteiger partial charge in [0.15, 0.2) is 0 Å². The topological polar surface area (TPSA) is 41.6 Å². The maximum atomic E-state index is 11.2. The molecule has 1 heterocycles. The van der Waals surface area contributed by atoms with Gasteiger partial charge in [-0.15, -0.1) is 6.42 Å². The Labute approximate surface area is 78.2 Å². The first kappa shape index (κ1) is 10.0. The van der Waals surface area contributed by atoms with Crippen molar-refractivity contribution in [1.29, 1.82) is 0 Å². The van der Waals surface area contributed by atoms with Crippen LogP contribution in [0.15, 0.2) is 0 Å². The van der Waals surface area contributed by atoms with Crippen molar-refractivity contribution in [3.05, 3.63) is 0 Å². The van der Waals surface area contributed by atoms with E-state index in [-0.39, 0.29) is 12.0 Å². The van der Waals surface area contributed by atoms with Gasteiger partial charge in [0.1, 0.15) is 6.10 Å². The van der Waals surface area contributed by atoms with Gasteiger partial charge in [0, 0.05) is 20.1 Å². The summed E-state index contributed by atoms with van der Waals surface area (Å²) in [6.45, 7) is 2.54. The van der Waals surface area contributed by atoms with E-state index >= 15 is 0 Å². The Morgan fingerprint density at radius 3 is 3.23 bits per heavy atom. The highest BCUT2D eigenvalue weighted by Gasteiger charge is 2.24. The predicted octanol–water partition coefficient (Wildman–Crippen LogP) is -0.934. The van der Waals surface area contributed by atoms with Gasteiger partial charge in [0.05, 0.1) is 13.2 Å². The molecule has 0 bridgehead atoms. The SMILES string of the molecule is C#CCN1CCOC(C(=O)NC)C1. The summed E-state index contributed by atoms with van der Waals surface area (Å²) in [7, 11) is 1.60. The van der Waals surface area contributed by atoms with Gasteiger partial charge in [-0.05, 0) is 0 Å². The second-order valence-electron chi connectivity index (χ2n) is 2.91. The van der Waals surface area contributed by atoms with Crippen LogP contribution in [0.25, 0.3) is 0 Å². The van der Waals surface area contributed by atoms with Gasteiger partial charge in [-0.3, -0.25) is 9.69 Å². The summed E-state index contributed by atoms with van der Waals surface area (Å²) in [6.07, 6.45) is 4.81. The molecule has 1 amide bonds.